The van der Waals surface area contributed by atoms with Gasteiger partial charge in [0, 0.05) is 37.6 Å². The van der Waals surface area contributed by atoms with Crippen LogP contribution in [0.25, 0.3) is 0 Å². The summed E-state index contributed by atoms with van der Waals surface area (Å²) < 4.78 is 10.9. The van der Waals surface area contributed by atoms with Crippen LogP contribution in [-0.2, 0) is 22.7 Å². The highest BCUT2D eigenvalue weighted by Crippen LogP contribution is 2.52. The van der Waals surface area contributed by atoms with E-state index in [2.05, 4.69) is 52.7 Å². The molecule has 0 radical (unpaired) electrons. The summed E-state index contributed by atoms with van der Waals surface area (Å²) in [6.07, 6.45) is 1.16. The van der Waals surface area contributed by atoms with Crippen LogP contribution in [0.2, 0.25) is 0 Å². The van der Waals surface area contributed by atoms with Crippen LogP contribution < -0.4 is 10.1 Å². The van der Waals surface area contributed by atoms with E-state index in [0.717, 1.165) is 38.2 Å². The molecule has 0 amide bonds. The summed E-state index contributed by atoms with van der Waals surface area (Å²) in [4.78, 5) is 14.5. The van der Waals surface area contributed by atoms with Crippen LogP contribution >= 0.6 is 0 Å². The third kappa shape index (κ3) is 5.44. The second-order valence-corrected chi connectivity index (χ2v) is 9.04. The minimum atomic E-state index is -0.367. The molecule has 2 atom stereocenters. The number of ether oxygens (including phenoxy) is 2. The minimum Gasteiger partial charge on any atom is -0.482 e. The van der Waals surface area contributed by atoms with E-state index in [4.69, 9.17) is 9.47 Å². The maximum atomic E-state index is 12.0. The largest absolute Gasteiger partial charge is 0.482 e. The average Bonchev–Trinajstić information content (AvgIpc) is 3.55. The number of rotatable bonds is 8. The Labute approximate surface area is 195 Å². The molecular formula is C28H30N2O3. The smallest absolute Gasteiger partial charge is 0.344 e. The zero-order valence-corrected chi connectivity index (χ0v) is 18.8. The van der Waals surface area contributed by atoms with Gasteiger partial charge in [-0.2, -0.15) is 0 Å². The van der Waals surface area contributed by atoms with Gasteiger partial charge in [-0.25, -0.2) is 4.79 Å². The molecule has 170 valence electrons. The quantitative estimate of drug-likeness (QED) is 0.532. The van der Waals surface area contributed by atoms with Crippen LogP contribution in [0.5, 0.6) is 5.75 Å². The summed E-state index contributed by atoms with van der Waals surface area (Å²) in [6.45, 7) is 4.35. The van der Waals surface area contributed by atoms with Gasteiger partial charge in [-0.3, -0.25) is 4.90 Å². The zero-order valence-electron chi connectivity index (χ0n) is 18.8. The fourth-order valence-corrected chi connectivity index (χ4v) is 4.80. The van der Waals surface area contributed by atoms with Crippen molar-refractivity contribution in [1.82, 2.24) is 10.2 Å². The molecule has 1 saturated carbocycles. The van der Waals surface area contributed by atoms with E-state index in [-0.39, 0.29) is 24.7 Å². The van der Waals surface area contributed by atoms with E-state index in [1.165, 1.54) is 11.1 Å². The van der Waals surface area contributed by atoms with Crippen LogP contribution in [0, 0.1) is 0 Å². The highest BCUT2D eigenvalue weighted by molar-refractivity contribution is 5.71. The van der Waals surface area contributed by atoms with Gasteiger partial charge < -0.3 is 14.8 Å². The molecule has 3 aromatic carbocycles. The van der Waals surface area contributed by atoms with Crippen molar-refractivity contribution in [2.75, 3.05) is 26.2 Å². The molecule has 1 aliphatic heterocycles. The van der Waals surface area contributed by atoms with Gasteiger partial charge in [0.1, 0.15) is 12.4 Å². The molecule has 5 nitrogen and oxygen atoms in total. The number of nitrogens with zero attached hydrogens (tertiary/aromatic N) is 1. The van der Waals surface area contributed by atoms with Crippen LogP contribution in [0.15, 0.2) is 84.9 Å². The highest BCUT2D eigenvalue weighted by Gasteiger charge is 2.56. The Morgan fingerprint density at radius 1 is 0.939 bits per heavy atom. The minimum absolute atomic E-state index is 0.0878. The SMILES string of the molecule is O=C(COc1ccc([C@H]2CC23CN(Cc2ccccc2)CCN3)cc1)OCc1ccccc1. The topological polar surface area (TPSA) is 50.8 Å². The number of esters is 1. The average molecular weight is 443 g/mol. The second-order valence-electron chi connectivity index (χ2n) is 9.04. The first kappa shape index (κ1) is 21.7. The molecule has 2 fully saturated rings. The Balaban J connectivity index is 1.10. The normalized spacial score (nSPS) is 22.1. The first-order valence-electron chi connectivity index (χ1n) is 11.6. The molecule has 1 N–H and O–H groups in total. The number of hydrogen-bond donors (Lipinski definition) is 1. The van der Waals surface area contributed by atoms with E-state index in [1.807, 2.05) is 42.5 Å². The van der Waals surface area contributed by atoms with Gasteiger partial charge in [-0.1, -0.05) is 72.8 Å². The number of carbonyl (C=O) groups is 1. The predicted molar refractivity (Wildman–Crippen MR) is 128 cm³/mol. The first-order chi connectivity index (χ1) is 16.2. The highest BCUT2D eigenvalue weighted by atomic mass is 16.6. The predicted octanol–water partition coefficient (Wildman–Crippen LogP) is 4.14. The lowest BCUT2D eigenvalue weighted by molar-refractivity contribution is -0.147. The van der Waals surface area contributed by atoms with E-state index in [9.17, 15) is 4.79 Å². The number of hydrogen-bond acceptors (Lipinski definition) is 5. The fraction of sp³-hybridized carbons (Fsp3) is 0.321. The monoisotopic (exact) mass is 442 g/mol. The Morgan fingerprint density at radius 3 is 2.36 bits per heavy atom. The van der Waals surface area contributed by atoms with E-state index >= 15 is 0 Å². The van der Waals surface area contributed by atoms with Crippen molar-refractivity contribution in [1.29, 1.82) is 0 Å². The molecule has 5 rings (SSSR count). The van der Waals surface area contributed by atoms with E-state index in [0.29, 0.717) is 11.7 Å². The van der Waals surface area contributed by atoms with Crippen molar-refractivity contribution in [2.24, 2.45) is 0 Å². The Bertz CT molecular complexity index is 1060. The third-order valence-corrected chi connectivity index (χ3v) is 6.62. The number of carbonyl (C=O) groups excluding carboxylic acids is 1. The van der Waals surface area contributed by atoms with Crippen LogP contribution in [0.1, 0.15) is 29.0 Å². The molecule has 0 bridgehead atoms. The standard InChI is InChI=1S/C28H30N2O3/c31-27(33-19-23-9-5-2-6-10-23)20-32-25-13-11-24(12-14-25)26-17-28(26)21-30(16-15-29-28)18-22-7-3-1-4-8-22/h1-14,26,29H,15-21H2/t26-,28?/m1/s1. The van der Waals surface area contributed by atoms with Gasteiger partial charge in [-0.15, -0.1) is 0 Å². The Morgan fingerprint density at radius 2 is 1.64 bits per heavy atom. The van der Waals surface area contributed by atoms with Crippen molar-refractivity contribution in [3.63, 3.8) is 0 Å². The maximum Gasteiger partial charge on any atom is 0.344 e. The van der Waals surface area contributed by atoms with Gasteiger partial charge in [-0.05, 0) is 35.2 Å². The second kappa shape index (κ2) is 9.77. The summed E-state index contributed by atoms with van der Waals surface area (Å²) in [5.74, 6) is 0.836. The van der Waals surface area contributed by atoms with Gasteiger partial charge in [0.05, 0.1) is 0 Å². The fourth-order valence-electron chi connectivity index (χ4n) is 4.80. The molecule has 1 spiro atoms. The first-order valence-corrected chi connectivity index (χ1v) is 11.6. The molecule has 1 saturated heterocycles. The lowest BCUT2D eigenvalue weighted by Gasteiger charge is -2.35. The summed E-state index contributed by atoms with van der Waals surface area (Å²) in [5.41, 5.74) is 3.84. The molecule has 0 aromatic heterocycles. The van der Waals surface area contributed by atoms with E-state index in [1.54, 1.807) is 0 Å². The van der Waals surface area contributed by atoms with Crippen LogP contribution in [0.4, 0.5) is 0 Å². The Kier molecular flexibility index (Phi) is 6.42. The third-order valence-electron chi connectivity index (χ3n) is 6.62. The number of piperazine rings is 1. The molecular weight excluding hydrogens is 412 g/mol. The number of nitrogens with one attached hydrogen (secondary N) is 1. The van der Waals surface area contributed by atoms with Crippen molar-refractivity contribution in [3.05, 3.63) is 102 Å². The van der Waals surface area contributed by atoms with Crippen LogP contribution in [-0.4, -0.2) is 42.6 Å². The van der Waals surface area contributed by atoms with Crippen molar-refractivity contribution >= 4 is 5.97 Å². The van der Waals surface area contributed by atoms with Gasteiger partial charge in [0.2, 0.25) is 0 Å². The molecule has 33 heavy (non-hydrogen) atoms. The van der Waals surface area contributed by atoms with E-state index < -0.39 is 0 Å². The van der Waals surface area contributed by atoms with Crippen molar-refractivity contribution in [3.8, 4) is 5.75 Å². The molecule has 2 aliphatic rings. The van der Waals surface area contributed by atoms with Crippen molar-refractivity contribution < 1.29 is 14.3 Å². The number of benzene rings is 3. The van der Waals surface area contributed by atoms with Crippen molar-refractivity contribution in [2.45, 2.75) is 31.0 Å². The van der Waals surface area contributed by atoms with Crippen LogP contribution in [0.3, 0.4) is 0 Å². The Hall–Kier alpha value is -3.15. The summed E-state index contributed by atoms with van der Waals surface area (Å²) in [5, 5.41) is 3.78. The molecule has 1 unspecified atom stereocenters. The van der Waals surface area contributed by atoms with Gasteiger partial charge in [0.25, 0.3) is 0 Å². The summed E-state index contributed by atoms with van der Waals surface area (Å²) in [6, 6.07) is 28.5. The molecule has 3 aromatic rings. The summed E-state index contributed by atoms with van der Waals surface area (Å²) in [7, 11) is 0. The zero-order chi connectivity index (χ0) is 22.5. The summed E-state index contributed by atoms with van der Waals surface area (Å²) >= 11 is 0. The molecule has 5 heteroatoms. The maximum absolute atomic E-state index is 12.0. The molecule has 1 aliphatic carbocycles. The lowest BCUT2D eigenvalue weighted by atomic mass is 10.0. The van der Waals surface area contributed by atoms with Gasteiger partial charge >= 0.3 is 5.97 Å². The van der Waals surface area contributed by atoms with Gasteiger partial charge in [0.15, 0.2) is 6.61 Å². The molecule has 1 heterocycles. The lowest BCUT2D eigenvalue weighted by Crippen LogP contribution is -2.52.